The number of rotatable bonds is 6. The molecule has 0 saturated heterocycles. The SMILES string of the molecule is C=CCCC1CC1(C)OC(=O)NC(C(=O)O)C(C)(C)C. The summed E-state index contributed by atoms with van der Waals surface area (Å²) in [5.74, 6) is -0.720. The van der Waals surface area contributed by atoms with E-state index in [2.05, 4.69) is 11.9 Å². The molecule has 0 aromatic rings. The molecule has 0 spiro atoms. The van der Waals surface area contributed by atoms with E-state index in [0.717, 1.165) is 19.3 Å². The molecule has 3 unspecified atom stereocenters. The first-order valence-electron chi connectivity index (χ1n) is 6.93. The van der Waals surface area contributed by atoms with Crippen molar-refractivity contribution in [1.82, 2.24) is 5.32 Å². The third-order valence-electron chi connectivity index (χ3n) is 3.78. The van der Waals surface area contributed by atoms with Crippen molar-refractivity contribution in [3.05, 3.63) is 12.7 Å². The van der Waals surface area contributed by atoms with Crippen molar-refractivity contribution in [3.8, 4) is 0 Å². The van der Waals surface area contributed by atoms with Crippen LogP contribution < -0.4 is 5.32 Å². The summed E-state index contributed by atoms with van der Waals surface area (Å²) in [6, 6.07) is -0.969. The Labute approximate surface area is 120 Å². The molecule has 0 heterocycles. The van der Waals surface area contributed by atoms with E-state index in [0.29, 0.717) is 5.92 Å². The fraction of sp³-hybridized carbons (Fsp3) is 0.733. The Morgan fingerprint density at radius 2 is 2.15 bits per heavy atom. The molecule has 0 radical (unpaired) electrons. The van der Waals surface area contributed by atoms with E-state index in [1.165, 1.54) is 0 Å². The van der Waals surface area contributed by atoms with E-state index in [-0.39, 0.29) is 0 Å². The van der Waals surface area contributed by atoms with Crippen molar-refractivity contribution < 1.29 is 19.4 Å². The van der Waals surface area contributed by atoms with Gasteiger partial charge in [0.1, 0.15) is 11.6 Å². The number of carbonyl (C=O) groups excluding carboxylic acids is 1. The van der Waals surface area contributed by atoms with Crippen molar-refractivity contribution >= 4 is 12.1 Å². The average Bonchev–Trinajstić information content (AvgIpc) is 2.91. The summed E-state index contributed by atoms with van der Waals surface area (Å²) in [5.41, 5.74) is -1.04. The second-order valence-electron chi connectivity index (χ2n) is 6.75. The molecule has 0 bridgehead atoms. The Morgan fingerprint density at radius 1 is 1.55 bits per heavy atom. The van der Waals surface area contributed by atoms with E-state index in [9.17, 15) is 9.59 Å². The van der Waals surface area contributed by atoms with Gasteiger partial charge < -0.3 is 15.2 Å². The Bertz CT molecular complexity index is 399. The summed E-state index contributed by atoms with van der Waals surface area (Å²) < 4.78 is 5.39. The number of ether oxygens (including phenoxy) is 1. The third-order valence-corrected chi connectivity index (χ3v) is 3.78. The Balaban J connectivity index is 2.52. The largest absolute Gasteiger partial charge is 0.480 e. The molecular formula is C15H25NO4. The first-order chi connectivity index (χ1) is 9.10. The number of carboxylic acids is 1. The fourth-order valence-electron chi connectivity index (χ4n) is 2.29. The number of allylic oxidation sites excluding steroid dienone is 1. The molecule has 1 amide bonds. The summed E-state index contributed by atoms with van der Waals surface area (Å²) in [4.78, 5) is 23.0. The van der Waals surface area contributed by atoms with Gasteiger partial charge in [0.05, 0.1) is 0 Å². The van der Waals surface area contributed by atoms with Gasteiger partial charge >= 0.3 is 12.1 Å². The minimum Gasteiger partial charge on any atom is -0.480 e. The maximum absolute atomic E-state index is 11.9. The number of hydrogen-bond acceptors (Lipinski definition) is 3. The quantitative estimate of drug-likeness (QED) is 0.735. The number of carbonyl (C=O) groups is 2. The van der Waals surface area contributed by atoms with Crippen LogP contribution in [-0.2, 0) is 9.53 Å². The highest BCUT2D eigenvalue weighted by Crippen LogP contribution is 2.49. The van der Waals surface area contributed by atoms with Crippen LogP contribution in [0.4, 0.5) is 4.79 Å². The van der Waals surface area contributed by atoms with Crippen molar-refractivity contribution in [3.63, 3.8) is 0 Å². The number of carboxylic acid groups (broad SMARTS) is 1. The Hall–Kier alpha value is -1.52. The van der Waals surface area contributed by atoms with Crippen LogP contribution in [0.15, 0.2) is 12.7 Å². The molecule has 1 fully saturated rings. The van der Waals surface area contributed by atoms with Crippen LogP contribution in [0.1, 0.15) is 47.0 Å². The molecule has 114 valence electrons. The van der Waals surface area contributed by atoms with Crippen molar-refractivity contribution in [2.45, 2.75) is 58.6 Å². The second-order valence-corrected chi connectivity index (χ2v) is 6.75. The molecule has 1 aliphatic carbocycles. The lowest BCUT2D eigenvalue weighted by Gasteiger charge is -2.28. The predicted octanol–water partition coefficient (Wildman–Crippen LogP) is 2.96. The monoisotopic (exact) mass is 283 g/mol. The van der Waals surface area contributed by atoms with Gasteiger partial charge in [0.2, 0.25) is 0 Å². The van der Waals surface area contributed by atoms with Crippen LogP contribution in [0.3, 0.4) is 0 Å². The molecule has 1 rings (SSSR count). The lowest BCUT2D eigenvalue weighted by molar-refractivity contribution is -0.142. The molecule has 0 aromatic heterocycles. The minimum absolute atomic E-state index is 0.337. The number of hydrogen-bond donors (Lipinski definition) is 2. The van der Waals surface area contributed by atoms with Crippen LogP contribution in [0.5, 0.6) is 0 Å². The molecule has 1 saturated carbocycles. The van der Waals surface area contributed by atoms with Crippen LogP contribution in [-0.4, -0.2) is 28.8 Å². The maximum Gasteiger partial charge on any atom is 0.408 e. The first-order valence-corrected chi connectivity index (χ1v) is 6.93. The number of aliphatic carboxylic acids is 1. The summed E-state index contributed by atoms with van der Waals surface area (Å²) in [7, 11) is 0. The van der Waals surface area contributed by atoms with Crippen molar-refractivity contribution in [2.75, 3.05) is 0 Å². The van der Waals surface area contributed by atoms with Gasteiger partial charge in [-0.15, -0.1) is 6.58 Å². The van der Waals surface area contributed by atoms with E-state index in [4.69, 9.17) is 9.84 Å². The molecule has 0 aromatic carbocycles. The highest BCUT2D eigenvalue weighted by Gasteiger charge is 2.53. The third kappa shape index (κ3) is 4.25. The zero-order chi connectivity index (χ0) is 15.6. The van der Waals surface area contributed by atoms with Gasteiger partial charge in [-0.1, -0.05) is 26.8 Å². The number of amides is 1. The van der Waals surface area contributed by atoms with Gasteiger partial charge in [-0.2, -0.15) is 0 Å². The zero-order valence-electron chi connectivity index (χ0n) is 12.7. The zero-order valence-corrected chi connectivity index (χ0v) is 12.7. The normalized spacial score (nSPS) is 26.5. The van der Waals surface area contributed by atoms with E-state index >= 15 is 0 Å². The predicted molar refractivity (Wildman–Crippen MR) is 76.4 cm³/mol. The molecule has 0 aliphatic heterocycles. The number of alkyl carbamates (subject to hydrolysis) is 1. The Morgan fingerprint density at radius 3 is 2.60 bits per heavy atom. The van der Waals surface area contributed by atoms with Crippen LogP contribution in [0, 0.1) is 11.3 Å². The number of nitrogens with one attached hydrogen (secondary N) is 1. The van der Waals surface area contributed by atoms with Gasteiger partial charge in [0, 0.05) is 5.92 Å². The lowest BCUT2D eigenvalue weighted by Crippen LogP contribution is -2.50. The average molecular weight is 283 g/mol. The van der Waals surface area contributed by atoms with Gasteiger partial charge in [-0.25, -0.2) is 9.59 Å². The molecule has 5 heteroatoms. The smallest absolute Gasteiger partial charge is 0.408 e. The lowest BCUT2D eigenvalue weighted by atomic mass is 9.87. The van der Waals surface area contributed by atoms with E-state index < -0.39 is 29.1 Å². The van der Waals surface area contributed by atoms with E-state index in [1.54, 1.807) is 20.8 Å². The van der Waals surface area contributed by atoms with Crippen LogP contribution in [0.2, 0.25) is 0 Å². The molecule has 3 atom stereocenters. The highest BCUT2D eigenvalue weighted by molar-refractivity contribution is 5.80. The van der Waals surface area contributed by atoms with Gasteiger partial charge in [-0.3, -0.25) is 0 Å². The summed E-state index contributed by atoms with van der Waals surface area (Å²) in [6.07, 6.45) is 3.84. The summed E-state index contributed by atoms with van der Waals surface area (Å²) in [5, 5.41) is 11.6. The van der Waals surface area contributed by atoms with Gasteiger partial charge in [0.15, 0.2) is 0 Å². The molecular weight excluding hydrogens is 258 g/mol. The molecule has 20 heavy (non-hydrogen) atoms. The topological polar surface area (TPSA) is 75.6 Å². The minimum atomic E-state index is -1.06. The highest BCUT2D eigenvalue weighted by atomic mass is 16.6. The van der Waals surface area contributed by atoms with Gasteiger partial charge in [0.25, 0.3) is 0 Å². The standard InChI is InChI=1S/C15H25NO4/c1-6-7-8-10-9-15(10,5)20-13(19)16-11(12(17)18)14(2,3)4/h6,10-11H,1,7-9H2,2-5H3,(H,16,19)(H,17,18). The molecule has 2 N–H and O–H groups in total. The maximum atomic E-state index is 11.9. The Kier molecular flexibility index (Phi) is 4.84. The summed E-state index contributed by atoms with van der Waals surface area (Å²) >= 11 is 0. The summed E-state index contributed by atoms with van der Waals surface area (Å²) in [6.45, 7) is 10.8. The van der Waals surface area contributed by atoms with Gasteiger partial charge in [-0.05, 0) is 31.6 Å². The fourth-order valence-corrected chi connectivity index (χ4v) is 2.29. The van der Waals surface area contributed by atoms with Crippen molar-refractivity contribution in [2.24, 2.45) is 11.3 Å². The molecule has 5 nitrogen and oxygen atoms in total. The van der Waals surface area contributed by atoms with Crippen molar-refractivity contribution in [1.29, 1.82) is 0 Å². The van der Waals surface area contributed by atoms with E-state index in [1.807, 2.05) is 13.0 Å². The first kappa shape index (κ1) is 16.5. The molecule has 1 aliphatic rings. The van der Waals surface area contributed by atoms with Crippen LogP contribution >= 0.6 is 0 Å². The van der Waals surface area contributed by atoms with Crippen LogP contribution in [0.25, 0.3) is 0 Å². The second kappa shape index (κ2) is 5.85.